The van der Waals surface area contributed by atoms with Gasteiger partial charge in [-0.25, -0.2) is 4.79 Å². The zero-order chi connectivity index (χ0) is 34.2. The van der Waals surface area contributed by atoms with E-state index in [4.69, 9.17) is 5.73 Å². The molecule has 12 heteroatoms. The molecule has 0 radical (unpaired) electrons. The van der Waals surface area contributed by atoms with E-state index in [0.717, 1.165) is 12.8 Å². The number of amides is 6. The van der Waals surface area contributed by atoms with E-state index in [1.807, 2.05) is 55.4 Å². The number of nitrogens with two attached hydrogens (primary N) is 1. The molecule has 1 aliphatic heterocycles. The van der Waals surface area contributed by atoms with Gasteiger partial charge in [-0.1, -0.05) is 68.2 Å². The van der Waals surface area contributed by atoms with Crippen molar-refractivity contribution >= 4 is 35.4 Å². The van der Waals surface area contributed by atoms with Gasteiger partial charge in [0.05, 0.1) is 6.04 Å². The molecule has 6 amide bonds. The molecular weight excluding hydrogens is 576 g/mol. The van der Waals surface area contributed by atoms with E-state index in [9.17, 15) is 28.8 Å². The van der Waals surface area contributed by atoms with Gasteiger partial charge in [-0.05, 0) is 54.3 Å². The highest BCUT2D eigenvalue weighted by atomic mass is 16.2. The average Bonchev–Trinajstić information content (AvgIpc) is 3.86. The lowest BCUT2D eigenvalue weighted by Crippen LogP contribution is -2.63. The summed E-state index contributed by atoms with van der Waals surface area (Å²) in [4.78, 5) is 82.9. The van der Waals surface area contributed by atoms with E-state index in [0.29, 0.717) is 13.0 Å². The fourth-order valence-electron chi connectivity index (χ4n) is 7.94. The number of likely N-dealkylation sites (tertiary alicyclic amines) is 1. The molecule has 4 rings (SSSR count). The number of urea groups is 1. The van der Waals surface area contributed by atoms with Crippen molar-refractivity contribution in [3.8, 4) is 0 Å². The Morgan fingerprint density at radius 2 is 1.44 bits per heavy atom. The second-order valence-electron chi connectivity index (χ2n) is 16.9. The van der Waals surface area contributed by atoms with Gasteiger partial charge in [-0.15, -0.1) is 0 Å². The molecule has 7 atom stereocenters. The topological polar surface area (TPSA) is 171 Å². The van der Waals surface area contributed by atoms with Crippen LogP contribution in [0.15, 0.2) is 0 Å². The molecule has 1 heterocycles. The Morgan fingerprint density at radius 1 is 0.911 bits per heavy atom. The van der Waals surface area contributed by atoms with Gasteiger partial charge >= 0.3 is 6.03 Å². The van der Waals surface area contributed by atoms with Gasteiger partial charge in [0.1, 0.15) is 18.1 Å². The highest BCUT2D eigenvalue weighted by Crippen LogP contribution is 2.95. The van der Waals surface area contributed by atoms with Crippen LogP contribution in [0.3, 0.4) is 0 Å². The van der Waals surface area contributed by atoms with E-state index < -0.39 is 69.9 Å². The Balaban J connectivity index is 1.57. The van der Waals surface area contributed by atoms with Gasteiger partial charge in [-0.3, -0.25) is 24.0 Å². The van der Waals surface area contributed by atoms with Crippen LogP contribution in [0.1, 0.15) is 88.5 Å². The first kappa shape index (κ1) is 34.7. The molecule has 3 unspecified atom stereocenters. The van der Waals surface area contributed by atoms with E-state index in [-0.39, 0.29) is 35.1 Å². The first-order valence-electron chi connectivity index (χ1n) is 16.3. The Labute approximate surface area is 267 Å². The molecule has 5 N–H and O–H groups in total. The van der Waals surface area contributed by atoms with Gasteiger partial charge in [0.25, 0.3) is 5.91 Å². The van der Waals surface area contributed by atoms with E-state index in [2.05, 4.69) is 29.8 Å². The summed E-state index contributed by atoms with van der Waals surface area (Å²) in [6, 6.07) is -4.48. The molecule has 3 aliphatic carbocycles. The fraction of sp³-hybridized carbons (Fsp3) is 0.818. The number of piperidine rings is 1. The standard InChI is InChI=1S/C33H54N6O6/c1-16(2)38(11)27(43)22(30(3,4)5)36-29(45)37-23(31(6,7)8)28(44)39-15-18-21-32(9,10)33(18,21)24(39)26(42)35-19(14-17-12-13-17)20(40)25(34)41/h16-19,21-24H,12-15H2,1-11H3,(H2,34,41)(H,35,42)(H2,36,37,45)/t18-,19?,21?,22-,23-,24-,33?/m1/s1. The normalized spacial score (nSPS) is 28.2. The molecule has 0 aromatic rings. The third kappa shape index (κ3) is 6.05. The quantitative estimate of drug-likeness (QED) is 0.254. The molecule has 4 fully saturated rings. The highest BCUT2D eigenvalue weighted by molar-refractivity contribution is 6.37. The van der Waals surface area contributed by atoms with Crippen molar-refractivity contribution in [1.29, 1.82) is 0 Å². The highest BCUT2D eigenvalue weighted by Gasteiger charge is 2.97. The van der Waals surface area contributed by atoms with Crippen molar-refractivity contribution in [3.63, 3.8) is 0 Å². The number of hydrogen-bond donors (Lipinski definition) is 4. The average molecular weight is 631 g/mol. The predicted octanol–water partition coefficient (Wildman–Crippen LogP) is 1.80. The smallest absolute Gasteiger partial charge is 0.316 e. The SMILES string of the molecule is CC(C)N(C)C(=O)[C@@H](NC(=O)N[C@H](C(=O)N1C[C@@H]2C3C(C)(C)C32[C@H]1C(=O)NC(CC1CC1)C(=O)C(N)=O)C(C)(C)C)C(C)(C)C. The van der Waals surface area contributed by atoms with Crippen molar-refractivity contribution in [2.45, 2.75) is 119 Å². The van der Waals surface area contributed by atoms with Gasteiger partial charge < -0.3 is 31.5 Å². The molecule has 0 aromatic carbocycles. The van der Waals surface area contributed by atoms with Crippen LogP contribution in [0.4, 0.5) is 4.79 Å². The summed E-state index contributed by atoms with van der Waals surface area (Å²) in [5.74, 6) is -2.38. The number of likely N-dealkylation sites (N-methyl/N-ethyl adjacent to an activating group) is 1. The summed E-state index contributed by atoms with van der Waals surface area (Å²) in [6.45, 7) is 19.4. The zero-order valence-electron chi connectivity index (χ0n) is 28.9. The van der Waals surface area contributed by atoms with Gasteiger partial charge in [-0.2, -0.15) is 0 Å². The van der Waals surface area contributed by atoms with Gasteiger partial charge in [0.15, 0.2) is 0 Å². The minimum Gasteiger partial charge on any atom is -0.363 e. The van der Waals surface area contributed by atoms with Crippen LogP contribution in [0.25, 0.3) is 0 Å². The maximum atomic E-state index is 14.4. The molecular formula is C33H54N6O6. The molecule has 1 spiro atoms. The second kappa shape index (κ2) is 11.3. The summed E-state index contributed by atoms with van der Waals surface area (Å²) in [5, 5.41) is 8.48. The number of Topliss-reactive ketones (excluding diaryl/α,β-unsaturated/α-hetero) is 1. The lowest BCUT2D eigenvalue weighted by Gasteiger charge is -2.38. The van der Waals surface area contributed by atoms with Crippen molar-refractivity contribution < 1.29 is 28.8 Å². The lowest BCUT2D eigenvalue weighted by molar-refractivity contribution is -0.145. The zero-order valence-corrected chi connectivity index (χ0v) is 28.9. The molecule has 0 bridgehead atoms. The first-order chi connectivity index (χ1) is 20.5. The summed E-state index contributed by atoms with van der Waals surface area (Å²) >= 11 is 0. The van der Waals surface area contributed by atoms with Crippen molar-refractivity contribution in [2.24, 2.45) is 45.1 Å². The van der Waals surface area contributed by atoms with Crippen molar-refractivity contribution in [1.82, 2.24) is 25.8 Å². The monoisotopic (exact) mass is 630 g/mol. The summed E-state index contributed by atoms with van der Waals surface area (Å²) in [7, 11) is 1.69. The third-order valence-corrected chi connectivity index (χ3v) is 11.0. The molecule has 1 saturated heterocycles. The van der Waals surface area contributed by atoms with Crippen LogP contribution in [0.2, 0.25) is 0 Å². The first-order valence-corrected chi connectivity index (χ1v) is 16.3. The van der Waals surface area contributed by atoms with Gasteiger partial charge in [0, 0.05) is 25.0 Å². The number of carbonyl (C=O) groups excluding carboxylic acids is 6. The number of nitrogens with one attached hydrogen (secondary N) is 3. The minimum absolute atomic E-state index is 0.0715. The fourth-order valence-corrected chi connectivity index (χ4v) is 7.94. The maximum Gasteiger partial charge on any atom is 0.316 e. The molecule has 45 heavy (non-hydrogen) atoms. The molecule has 252 valence electrons. The Morgan fingerprint density at radius 3 is 1.89 bits per heavy atom. The van der Waals surface area contributed by atoms with E-state index in [1.165, 1.54) is 0 Å². The number of carbonyl (C=O) groups is 6. The van der Waals surface area contributed by atoms with Crippen LogP contribution in [-0.2, 0) is 24.0 Å². The van der Waals surface area contributed by atoms with Crippen molar-refractivity contribution in [2.75, 3.05) is 13.6 Å². The Kier molecular flexibility index (Phi) is 8.68. The second-order valence-corrected chi connectivity index (χ2v) is 16.9. The van der Waals surface area contributed by atoms with Gasteiger partial charge in [0.2, 0.25) is 23.5 Å². The van der Waals surface area contributed by atoms with Crippen LogP contribution in [-0.4, -0.2) is 89.0 Å². The number of ketones is 1. The number of primary amides is 1. The summed E-state index contributed by atoms with van der Waals surface area (Å²) in [5.41, 5.74) is 3.39. The summed E-state index contributed by atoms with van der Waals surface area (Å²) < 4.78 is 0. The molecule has 0 aromatic heterocycles. The number of rotatable bonds is 11. The van der Waals surface area contributed by atoms with Crippen LogP contribution in [0.5, 0.6) is 0 Å². The Hall–Kier alpha value is -3.18. The third-order valence-electron chi connectivity index (χ3n) is 11.0. The number of fused-ring (bicyclic) bond motifs is 1. The predicted molar refractivity (Wildman–Crippen MR) is 168 cm³/mol. The molecule has 12 nitrogen and oxygen atoms in total. The lowest BCUT2D eigenvalue weighted by atomic mass is 9.83. The molecule has 3 saturated carbocycles. The van der Waals surface area contributed by atoms with E-state index in [1.54, 1.807) is 16.8 Å². The number of hydrogen-bond acceptors (Lipinski definition) is 6. The summed E-state index contributed by atoms with van der Waals surface area (Å²) in [6.07, 6.45) is 2.18. The molecule has 4 aliphatic rings. The van der Waals surface area contributed by atoms with Crippen molar-refractivity contribution in [3.05, 3.63) is 0 Å². The maximum absolute atomic E-state index is 14.4. The largest absolute Gasteiger partial charge is 0.363 e. The Bertz CT molecular complexity index is 1280. The van der Waals surface area contributed by atoms with Crippen LogP contribution in [0, 0.1) is 39.4 Å². The van der Waals surface area contributed by atoms with Crippen LogP contribution >= 0.6 is 0 Å². The number of nitrogens with zero attached hydrogens (tertiary/aromatic N) is 2. The minimum atomic E-state index is -1.10. The van der Waals surface area contributed by atoms with Crippen LogP contribution < -0.4 is 21.7 Å². The van der Waals surface area contributed by atoms with E-state index >= 15 is 0 Å².